The van der Waals surface area contributed by atoms with E-state index in [9.17, 15) is 4.79 Å². The monoisotopic (exact) mass is 235 g/mol. The van der Waals surface area contributed by atoms with Crippen molar-refractivity contribution in [2.45, 2.75) is 33.1 Å². The Morgan fingerprint density at radius 3 is 2.59 bits per heavy atom. The number of Topliss-reactive ketones (excluding diaryl/α,β-unsaturated/α-hetero) is 1. The third kappa shape index (κ3) is 3.30. The molecule has 0 radical (unpaired) electrons. The van der Waals surface area contributed by atoms with Crippen LogP contribution in [0.15, 0.2) is 12.1 Å². The molecule has 0 unspecified atom stereocenters. The predicted molar refractivity (Wildman–Crippen MR) is 69.7 cm³/mol. The number of methoxy groups -OCH3 is 1. The molecule has 0 fully saturated rings. The molecule has 94 valence electrons. The number of rotatable bonds is 6. The molecule has 0 aliphatic carbocycles. The molecule has 17 heavy (non-hydrogen) atoms. The maximum atomic E-state index is 12.0. The van der Waals surface area contributed by atoms with Gasteiger partial charge in [0, 0.05) is 6.42 Å². The Labute approximate surface area is 103 Å². The number of benzene rings is 1. The molecule has 2 N–H and O–H groups in total. The second-order valence-corrected chi connectivity index (χ2v) is 4.26. The Balaban J connectivity index is 2.90. The number of carbonyl (C=O) groups is 1. The van der Waals surface area contributed by atoms with E-state index in [1.54, 1.807) is 7.11 Å². The molecule has 0 saturated carbocycles. The van der Waals surface area contributed by atoms with Crippen molar-refractivity contribution in [3.63, 3.8) is 0 Å². The summed E-state index contributed by atoms with van der Waals surface area (Å²) in [5, 5.41) is 0. The summed E-state index contributed by atoms with van der Waals surface area (Å²) in [4.78, 5) is 12.0. The van der Waals surface area contributed by atoms with Gasteiger partial charge in [0.2, 0.25) is 0 Å². The van der Waals surface area contributed by atoms with Gasteiger partial charge in [0.05, 0.1) is 12.7 Å². The van der Waals surface area contributed by atoms with E-state index < -0.39 is 0 Å². The van der Waals surface area contributed by atoms with Gasteiger partial charge in [0.1, 0.15) is 5.75 Å². The Morgan fingerprint density at radius 1 is 1.29 bits per heavy atom. The molecule has 0 atom stereocenters. The largest absolute Gasteiger partial charge is 0.496 e. The zero-order valence-corrected chi connectivity index (χ0v) is 10.9. The maximum Gasteiger partial charge on any atom is 0.166 e. The third-order valence-corrected chi connectivity index (χ3v) is 3.04. The molecule has 0 saturated heterocycles. The van der Waals surface area contributed by atoms with Crippen molar-refractivity contribution in [1.82, 2.24) is 0 Å². The second-order valence-electron chi connectivity index (χ2n) is 4.26. The van der Waals surface area contributed by atoms with Crippen LogP contribution >= 0.6 is 0 Å². The van der Waals surface area contributed by atoms with Gasteiger partial charge < -0.3 is 10.5 Å². The highest BCUT2D eigenvalue weighted by atomic mass is 16.5. The first kappa shape index (κ1) is 13.7. The molecule has 0 spiro atoms. The van der Waals surface area contributed by atoms with Gasteiger partial charge in [-0.05, 0) is 50.4 Å². The second kappa shape index (κ2) is 6.40. The van der Waals surface area contributed by atoms with Crippen molar-refractivity contribution >= 4 is 5.78 Å². The molecule has 0 aliphatic heterocycles. The Hall–Kier alpha value is -1.35. The molecule has 0 aliphatic rings. The van der Waals surface area contributed by atoms with E-state index in [4.69, 9.17) is 10.5 Å². The minimum atomic E-state index is 0.137. The minimum Gasteiger partial charge on any atom is -0.496 e. The van der Waals surface area contributed by atoms with E-state index in [0.29, 0.717) is 24.3 Å². The number of hydrogen-bond donors (Lipinski definition) is 1. The van der Waals surface area contributed by atoms with Crippen LogP contribution in [0.5, 0.6) is 5.75 Å². The Bertz CT molecular complexity index is 399. The number of unbranched alkanes of at least 4 members (excludes halogenated alkanes) is 1. The van der Waals surface area contributed by atoms with Gasteiger partial charge in [-0.15, -0.1) is 0 Å². The molecular weight excluding hydrogens is 214 g/mol. The fourth-order valence-electron chi connectivity index (χ4n) is 1.84. The highest BCUT2D eigenvalue weighted by molar-refractivity contribution is 5.99. The van der Waals surface area contributed by atoms with Crippen LogP contribution in [0.25, 0.3) is 0 Å². The van der Waals surface area contributed by atoms with Crippen LogP contribution in [0, 0.1) is 13.8 Å². The average molecular weight is 235 g/mol. The molecule has 0 amide bonds. The lowest BCUT2D eigenvalue weighted by atomic mass is 9.99. The molecular formula is C14H21NO2. The third-order valence-electron chi connectivity index (χ3n) is 3.04. The van der Waals surface area contributed by atoms with E-state index >= 15 is 0 Å². The van der Waals surface area contributed by atoms with Crippen molar-refractivity contribution in [3.05, 3.63) is 28.8 Å². The minimum absolute atomic E-state index is 0.137. The number of ketones is 1. The molecule has 1 aromatic rings. The van der Waals surface area contributed by atoms with Crippen molar-refractivity contribution in [2.24, 2.45) is 5.73 Å². The SMILES string of the molecule is COc1c(C(=O)CCCCN)ccc(C)c1C. The van der Waals surface area contributed by atoms with Gasteiger partial charge in [0.15, 0.2) is 5.78 Å². The molecule has 0 bridgehead atoms. The first-order valence-corrected chi connectivity index (χ1v) is 5.99. The predicted octanol–water partition coefficient (Wildman–Crippen LogP) is 2.62. The van der Waals surface area contributed by atoms with Crippen LogP contribution in [-0.2, 0) is 0 Å². The van der Waals surface area contributed by atoms with E-state index in [-0.39, 0.29) is 5.78 Å². The van der Waals surface area contributed by atoms with Crippen LogP contribution in [0.4, 0.5) is 0 Å². The molecule has 3 nitrogen and oxygen atoms in total. The summed E-state index contributed by atoms with van der Waals surface area (Å²) in [6.07, 6.45) is 2.26. The van der Waals surface area contributed by atoms with Gasteiger partial charge in [-0.25, -0.2) is 0 Å². The molecule has 0 aromatic heterocycles. The first-order chi connectivity index (χ1) is 8.11. The standard InChI is InChI=1S/C14H21NO2/c1-10-7-8-12(14(17-3)11(10)2)13(16)6-4-5-9-15/h7-8H,4-6,9,15H2,1-3H3. The van der Waals surface area contributed by atoms with Crippen molar-refractivity contribution in [2.75, 3.05) is 13.7 Å². The normalized spacial score (nSPS) is 10.4. The lowest BCUT2D eigenvalue weighted by molar-refractivity contribution is 0.0976. The van der Waals surface area contributed by atoms with Gasteiger partial charge in [-0.3, -0.25) is 4.79 Å². The molecule has 1 rings (SSSR count). The first-order valence-electron chi connectivity index (χ1n) is 5.99. The summed E-state index contributed by atoms with van der Waals surface area (Å²) >= 11 is 0. The topological polar surface area (TPSA) is 52.3 Å². The van der Waals surface area contributed by atoms with Crippen LogP contribution in [-0.4, -0.2) is 19.4 Å². The van der Waals surface area contributed by atoms with Crippen LogP contribution in [0.3, 0.4) is 0 Å². The van der Waals surface area contributed by atoms with E-state index in [2.05, 4.69) is 0 Å². The number of ether oxygens (including phenoxy) is 1. The van der Waals surface area contributed by atoms with E-state index in [1.807, 2.05) is 26.0 Å². The summed E-state index contributed by atoms with van der Waals surface area (Å²) < 4.78 is 5.34. The van der Waals surface area contributed by atoms with Crippen LogP contribution in [0.1, 0.15) is 40.7 Å². The maximum absolute atomic E-state index is 12.0. The van der Waals surface area contributed by atoms with Crippen LogP contribution < -0.4 is 10.5 Å². The van der Waals surface area contributed by atoms with Crippen molar-refractivity contribution in [3.8, 4) is 5.75 Å². The molecule has 0 heterocycles. The highest BCUT2D eigenvalue weighted by Gasteiger charge is 2.14. The molecule has 3 heteroatoms. The number of carbonyl (C=O) groups excluding carboxylic acids is 1. The summed E-state index contributed by atoms with van der Waals surface area (Å²) in [6, 6.07) is 3.82. The quantitative estimate of drug-likeness (QED) is 0.609. The van der Waals surface area contributed by atoms with Crippen LogP contribution in [0.2, 0.25) is 0 Å². The Kier molecular flexibility index (Phi) is 5.16. The van der Waals surface area contributed by atoms with Crippen molar-refractivity contribution in [1.29, 1.82) is 0 Å². The lowest BCUT2D eigenvalue weighted by Crippen LogP contribution is -2.06. The van der Waals surface area contributed by atoms with E-state index in [0.717, 1.165) is 24.0 Å². The van der Waals surface area contributed by atoms with Gasteiger partial charge in [0.25, 0.3) is 0 Å². The summed E-state index contributed by atoms with van der Waals surface area (Å²) in [5.74, 6) is 0.848. The zero-order chi connectivity index (χ0) is 12.8. The van der Waals surface area contributed by atoms with Crippen molar-refractivity contribution < 1.29 is 9.53 Å². The smallest absolute Gasteiger partial charge is 0.166 e. The zero-order valence-electron chi connectivity index (χ0n) is 10.9. The lowest BCUT2D eigenvalue weighted by Gasteiger charge is -2.12. The summed E-state index contributed by atoms with van der Waals surface area (Å²) in [5.41, 5.74) is 8.28. The van der Waals surface area contributed by atoms with E-state index in [1.165, 1.54) is 0 Å². The average Bonchev–Trinajstić information content (AvgIpc) is 2.32. The highest BCUT2D eigenvalue weighted by Crippen LogP contribution is 2.27. The molecule has 1 aromatic carbocycles. The Morgan fingerprint density at radius 2 is 2.00 bits per heavy atom. The fraction of sp³-hybridized carbons (Fsp3) is 0.500. The van der Waals surface area contributed by atoms with Gasteiger partial charge in [-0.2, -0.15) is 0 Å². The number of nitrogens with two attached hydrogens (primary N) is 1. The fourth-order valence-corrected chi connectivity index (χ4v) is 1.84. The van der Waals surface area contributed by atoms with Gasteiger partial charge >= 0.3 is 0 Å². The summed E-state index contributed by atoms with van der Waals surface area (Å²) in [7, 11) is 1.61. The van der Waals surface area contributed by atoms with Gasteiger partial charge in [-0.1, -0.05) is 6.07 Å². The number of hydrogen-bond acceptors (Lipinski definition) is 3. The summed E-state index contributed by atoms with van der Waals surface area (Å²) in [6.45, 7) is 4.63. The number of aryl methyl sites for hydroxylation is 1.